The number of likely N-dealkylation sites (N-methyl/N-ethyl adjacent to an activating group) is 1. The van der Waals surface area contributed by atoms with E-state index in [2.05, 4.69) is 6.92 Å². The predicted octanol–water partition coefficient (Wildman–Crippen LogP) is -0.454. The monoisotopic (exact) mass is 230 g/mol. The molecule has 1 rings (SSSR count). The van der Waals surface area contributed by atoms with Gasteiger partial charge >= 0.3 is 0 Å². The van der Waals surface area contributed by atoms with E-state index in [1.54, 1.807) is 19.1 Å². The second kappa shape index (κ2) is 6.18. The first kappa shape index (κ1) is 13.4. The first-order valence-electron chi connectivity index (χ1n) is 5.72. The van der Waals surface area contributed by atoms with Gasteiger partial charge in [0.1, 0.15) is 6.04 Å². The van der Waals surface area contributed by atoms with E-state index in [-0.39, 0.29) is 12.5 Å². The van der Waals surface area contributed by atoms with E-state index in [1.165, 1.54) is 0 Å². The van der Waals surface area contributed by atoms with Crippen molar-refractivity contribution in [3.05, 3.63) is 0 Å². The minimum Gasteiger partial charge on any atom is -0.394 e. The number of amides is 1. The average molecular weight is 230 g/mol. The highest BCUT2D eigenvalue weighted by Gasteiger charge is 2.33. The largest absolute Gasteiger partial charge is 0.394 e. The van der Waals surface area contributed by atoms with Crippen molar-refractivity contribution in [2.24, 2.45) is 0 Å². The van der Waals surface area contributed by atoms with Gasteiger partial charge in [0.05, 0.1) is 13.2 Å². The lowest BCUT2D eigenvalue weighted by molar-refractivity contribution is -0.136. The van der Waals surface area contributed by atoms with E-state index < -0.39 is 6.04 Å². The van der Waals surface area contributed by atoms with Crippen LogP contribution in [0.5, 0.6) is 0 Å². The molecule has 1 aliphatic rings. The summed E-state index contributed by atoms with van der Waals surface area (Å²) in [5.74, 6) is 0.00273. The Morgan fingerprint density at radius 3 is 2.81 bits per heavy atom. The molecule has 0 aromatic rings. The topological polar surface area (TPSA) is 53.0 Å². The highest BCUT2D eigenvalue weighted by Crippen LogP contribution is 2.15. The summed E-state index contributed by atoms with van der Waals surface area (Å²) in [6.45, 7) is 3.97. The predicted molar refractivity (Wildman–Crippen MR) is 61.2 cm³/mol. The van der Waals surface area contributed by atoms with Gasteiger partial charge < -0.3 is 14.7 Å². The lowest BCUT2D eigenvalue weighted by Crippen LogP contribution is -2.50. The quantitative estimate of drug-likeness (QED) is 0.710. The smallest absolute Gasteiger partial charge is 0.242 e. The molecule has 0 spiro atoms. The third kappa shape index (κ3) is 2.93. The Balaban J connectivity index is 2.77. The molecule has 1 N–H and O–H groups in total. The molecule has 16 heavy (non-hydrogen) atoms. The summed E-state index contributed by atoms with van der Waals surface area (Å²) in [6, 6.07) is -0.126. The number of hydrogen-bond acceptors (Lipinski definition) is 4. The molecule has 5 heteroatoms. The summed E-state index contributed by atoms with van der Waals surface area (Å²) in [5.41, 5.74) is 0. The van der Waals surface area contributed by atoms with Gasteiger partial charge in [0.25, 0.3) is 0 Å². The number of nitrogens with zero attached hydrogens (tertiary/aromatic N) is 2. The molecule has 1 amide bonds. The maximum atomic E-state index is 12.0. The Morgan fingerprint density at radius 1 is 1.56 bits per heavy atom. The van der Waals surface area contributed by atoms with Crippen molar-refractivity contribution in [3.63, 3.8) is 0 Å². The molecule has 2 unspecified atom stereocenters. The third-order valence-corrected chi connectivity index (χ3v) is 3.24. The second-order valence-electron chi connectivity index (χ2n) is 4.33. The van der Waals surface area contributed by atoms with Gasteiger partial charge in [0.15, 0.2) is 0 Å². The zero-order valence-electron chi connectivity index (χ0n) is 10.3. The van der Waals surface area contributed by atoms with Crippen LogP contribution in [0.3, 0.4) is 0 Å². The number of aliphatic hydroxyl groups excluding tert-OH is 1. The molecule has 1 heterocycles. The van der Waals surface area contributed by atoms with Crippen LogP contribution < -0.4 is 0 Å². The minimum absolute atomic E-state index is 0.00273. The maximum absolute atomic E-state index is 12.0. The lowest BCUT2D eigenvalue weighted by Gasteiger charge is -2.32. The van der Waals surface area contributed by atoms with Crippen molar-refractivity contribution in [1.29, 1.82) is 0 Å². The van der Waals surface area contributed by atoms with E-state index in [1.807, 2.05) is 4.90 Å². The molecular formula is C11H22N2O3. The molecule has 2 atom stereocenters. The van der Waals surface area contributed by atoms with Crippen LogP contribution >= 0.6 is 0 Å². The molecule has 0 bridgehead atoms. The highest BCUT2D eigenvalue weighted by atomic mass is 16.5. The van der Waals surface area contributed by atoms with Gasteiger partial charge in [0.2, 0.25) is 5.91 Å². The maximum Gasteiger partial charge on any atom is 0.242 e. The first-order chi connectivity index (χ1) is 7.61. The van der Waals surface area contributed by atoms with Crippen LogP contribution in [0.15, 0.2) is 0 Å². The van der Waals surface area contributed by atoms with Crippen LogP contribution in [-0.4, -0.2) is 73.4 Å². The number of carbonyl (C=O) groups excluding carboxylic acids is 1. The van der Waals surface area contributed by atoms with Crippen LogP contribution in [0.25, 0.3) is 0 Å². The van der Waals surface area contributed by atoms with Crippen molar-refractivity contribution >= 4 is 5.91 Å². The summed E-state index contributed by atoms with van der Waals surface area (Å²) < 4.78 is 5.04. The van der Waals surface area contributed by atoms with Crippen molar-refractivity contribution in [2.45, 2.75) is 25.4 Å². The van der Waals surface area contributed by atoms with E-state index in [0.717, 1.165) is 13.0 Å². The zero-order valence-corrected chi connectivity index (χ0v) is 10.3. The number of carbonyl (C=O) groups is 1. The SMILES string of the molecule is COCCN1C(C)CCN(C)C(=O)C1CO. The Labute approximate surface area is 97.0 Å². The number of hydrogen-bond donors (Lipinski definition) is 1. The van der Waals surface area contributed by atoms with Gasteiger partial charge in [-0.05, 0) is 13.3 Å². The number of ether oxygens (including phenoxy) is 1. The van der Waals surface area contributed by atoms with Gasteiger partial charge in [-0.3, -0.25) is 9.69 Å². The normalized spacial score (nSPS) is 28.2. The van der Waals surface area contributed by atoms with Crippen LogP contribution in [0.2, 0.25) is 0 Å². The molecular weight excluding hydrogens is 208 g/mol. The number of aliphatic hydroxyl groups is 1. The fourth-order valence-electron chi connectivity index (χ4n) is 2.12. The first-order valence-corrected chi connectivity index (χ1v) is 5.72. The molecule has 0 aliphatic carbocycles. The third-order valence-electron chi connectivity index (χ3n) is 3.24. The van der Waals surface area contributed by atoms with Gasteiger partial charge in [-0.2, -0.15) is 0 Å². The fourth-order valence-corrected chi connectivity index (χ4v) is 2.12. The van der Waals surface area contributed by atoms with Gasteiger partial charge in [-0.15, -0.1) is 0 Å². The standard InChI is InChI=1S/C11H22N2O3/c1-9-4-5-12(2)11(15)10(8-14)13(9)6-7-16-3/h9-10,14H,4-8H2,1-3H3. The van der Waals surface area contributed by atoms with E-state index >= 15 is 0 Å². The summed E-state index contributed by atoms with van der Waals surface area (Å²) >= 11 is 0. The van der Waals surface area contributed by atoms with Crippen molar-refractivity contribution in [3.8, 4) is 0 Å². The second-order valence-corrected chi connectivity index (χ2v) is 4.33. The van der Waals surface area contributed by atoms with Crippen molar-refractivity contribution in [1.82, 2.24) is 9.80 Å². The summed E-state index contributed by atoms with van der Waals surface area (Å²) in [4.78, 5) is 15.7. The Bertz CT molecular complexity index is 235. The molecule has 0 aromatic heterocycles. The van der Waals surface area contributed by atoms with Crippen LogP contribution in [0.1, 0.15) is 13.3 Å². The van der Waals surface area contributed by atoms with Gasteiger partial charge in [-0.25, -0.2) is 0 Å². The fraction of sp³-hybridized carbons (Fsp3) is 0.909. The van der Waals surface area contributed by atoms with Crippen molar-refractivity contribution in [2.75, 3.05) is 40.5 Å². The lowest BCUT2D eigenvalue weighted by atomic mass is 10.1. The Hall–Kier alpha value is -0.650. The summed E-state index contributed by atoms with van der Waals surface area (Å²) in [7, 11) is 3.43. The molecule has 0 radical (unpaired) electrons. The molecule has 0 aromatic carbocycles. The molecule has 1 aliphatic heterocycles. The summed E-state index contributed by atoms with van der Waals surface area (Å²) in [5, 5.41) is 9.36. The highest BCUT2D eigenvalue weighted by molar-refractivity contribution is 5.82. The van der Waals surface area contributed by atoms with Crippen LogP contribution in [0.4, 0.5) is 0 Å². The van der Waals surface area contributed by atoms with E-state index in [4.69, 9.17) is 4.74 Å². The van der Waals surface area contributed by atoms with Crippen LogP contribution in [0, 0.1) is 0 Å². The number of methoxy groups -OCH3 is 1. The Morgan fingerprint density at radius 2 is 2.25 bits per heavy atom. The van der Waals surface area contributed by atoms with Gasteiger partial charge in [0, 0.05) is 33.3 Å². The van der Waals surface area contributed by atoms with Gasteiger partial charge in [-0.1, -0.05) is 0 Å². The molecule has 5 nitrogen and oxygen atoms in total. The van der Waals surface area contributed by atoms with Crippen molar-refractivity contribution < 1.29 is 14.6 Å². The zero-order chi connectivity index (χ0) is 12.1. The molecule has 94 valence electrons. The summed E-state index contributed by atoms with van der Waals surface area (Å²) in [6.07, 6.45) is 0.933. The molecule has 1 saturated heterocycles. The van der Waals surface area contributed by atoms with E-state index in [0.29, 0.717) is 19.2 Å². The average Bonchev–Trinajstić information content (AvgIpc) is 2.38. The molecule has 0 saturated carbocycles. The Kier molecular flexibility index (Phi) is 5.18. The number of rotatable bonds is 4. The minimum atomic E-state index is -0.419. The molecule has 1 fully saturated rings. The van der Waals surface area contributed by atoms with Crippen LogP contribution in [-0.2, 0) is 9.53 Å². The van der Waals surface area contributed by atoms with E-state index in [9.17, 15) is 9.90 Å².